The van der Waals surface area contributed by atoms with Crippen LogP contribution in [0.2, 0.25) is 0 Å². The zero-order chi connectivity index (χ0) is 51.6. The van der Waals surface area contributed by atoms with Gasteiger partial charge in [0.25, 0.3) is 11.8 Å². The molecule has 0 aliphatic rings. The van der Waals surface area contributed by atoms with Gasteiger partial charge in [0.05, 0.1) is 31.5 Å². The van der Waals surface area contributed by atoms with Crippen molar-refractivity contribution in [2.24, 2.45) is 0 Å². The smallest absolute Gasteiger partial charge is 0.339 e. The maximum Gasteiger partial charge on any atom is 0.339 e. The Morgan fingerprint density at radius 3 is 1.30 bits per heavy atom. The van der Waals surface area contributed by atoms with Crippen LogP contribution in [0, 0.1) is 0 Å². The predicted octanol–water partition coefficient (Wildman–Crippen LogP) is 9.32. The topological polar surface area (TPSA) is 203 Å². The first kappa shape index (κ1) is 53.8. The Bertz CT molecular complexity index is 2700. The van der Waals surface area contributed by atoms with Crippen molar-refractivity contribution in [2.45, 2.75) is 37.9 Å². The lowest BCUT2D eigenvalue weighted by atomic mass is 10.1. The maximum atomic E-state index is 14.6. The number of halogens is 4. The molecule has 0 saturated carbocycles. The van der Waals surface area contributed by atoms with Crippen molar-refractivity contribution in [1.82, 2.24) is 9.97 Å². The van der Waals surface area contributed by atoms with E-state index in [2.05, 4.69) is 25.3 Å². The zero-order valence-corrected chi connectivity index (χ0v) is 39.0. The number of anilines is 2. The van der Waals surface area contributed by atoms with Gasteiger partial charge in [-0.2, -0.15) is 17.6 Å². The average molecular weight is 987 g/mol. The van der Waals surface area contributed by atoms with Crippen LogP contribution in [0.4, 0.5) is 29.2 Å². The van der Waals surface area contributed by atoms with Crippen LogP contribution in [0.5, 0.6) is 23.0 Å². The Kier molecular flexibility index (Phi) is 19.3. The molecular weight excluding hydrogens is 937 g/mol. The number of amides is 2. The normalized spacial score (nSPS) is 12.0. The van der Waals surface area contributed by atoms with Gasteiger partial charge in [-0.3, -0.25) is 9.59 Å². The fraction of sp³-hybridized carbons (Fsp3) is 0.255. The number of methoxy groups -OCH3 is 3. The third-order valence-electron chi connectivity index (χ3n) is 9.67. The number of nitrogens with zero attached hydrogens (tertiary/aromatic N) is 2. The third-order valence-corrected chi connectivity index (χ3v) is 9.67. The molecule has 0 radical (unpaired) electrons. The molecule has 0 aliphatic carbocycles. The maximum absolute atomic E-state index is 14.6. The molecule has 6 rings (SSSR count). The van der Waals surface area contributed by atoms with Crippen molar-refractivity contribution in [3.8, 4) is 23.0 Å². The Morgan fingerprint density at radius 1 is 0.549 bits per heavy atom. The highest BCUT2D eigenvalue weighted by molar-refractivity contribution is 6.05. The van der Waals surface area contributed by atoms with Crippen molar-refractivity contribution in [1.29, 1.82) is 0 Å². The number of alkyl halides is 4. The van der Waals surface area contributed by atoms with Gasteiger partial charge < -0.3 is 48.9 Å². The molecule has 0 fully saturated rings. The molecule has 3 N–H and O–H groups in total. The number of carbonyl (C=O) groups is 4. The van der Waals surface area contributed by atoms with Crippen molar-refractivity contribution in [2.75, 3.05) is 58.4 Å². The Labute approximate surface area is 405 Å². The second-order valence-electron chi connectivity index (χ2n) is 15.4. The molecule has 2 atom stereocenters. The lowest BCUT2D eigenvalue weighted by Gasteiger charge is -2.19. The molecule has 0 spiro atoms. The molecule has 6 aromatic rings. The quantitative estimate of drug-likeness (QED) is 0.0429. The van der Waals surface area contributed by atoms with Crippen LogP contribution >= 0.6 is 0 Å². The molecule has 2 amide bonds. The second kappa shape index (κ2) is 25.5. The molecule has 374 valence electrons. The summed E-state index contributed by atoms with van der Waals surface area (Å²) >= 11 is 0. The van der Waals surface area contributed by atoms with Gasteiger partial charge in [-0.05, 0) is 62.4 Å². The van der Waals surface area contributed by atoms with Gasteiger partial charge >= 0.3 is 23.8 Å². The lowest BCUT2D eigenvalue weighted by Crippen LogP contribution is -2.23. The first-order valence-corrected chi connectivity index (χ1v) is 21.5. The first-order valence-electron chi connectivity index (χ1n) is 21.5. The van der Waals surface area contributed by atoms with Gasteiger partial charge in [0.2, 0.25) is 0 Å². The standard InChI is InChI=1S/C26H26F2N2O6.C25H24F2N2O6/c1-17(15-33-2)36-22-12-19(24(31)30-23-10-9-18(14-29-23)25(32)34-3)11-21(13-22)35-16-26(27,28)20-7-5-4-6-8-20;1-16(14-33-2)35-21-11-18(23(30)29-22-9-8-17(13-28-22)24(31)32)10-20(12-21)34-15-25(26,27)19-6-4-3-5-7-19/h4-14,17H,15-16H2,1-3H3,(H,29,30,31);3-13,16H,14-15H2,1-2H3,(H,31,32)(H,28,29,30)/t17-;16-/m00/s1. The number of carboxylic acids is 1. The summed E-state index contributed by atoms with van der Waals surface area (Å²) in [5.41, 5.74) is -0.0580. The first-order chi connectivity index (χ1) is 33.9. The molecule has 0 aliphatic heterocycles. The summed E-state index contributed by atoms with van der Waals surface area (Å²) in [5, 5.41) is 14.1. The number of hydrogen-bond donors (Lipinski definition) is 3. The van der Waals surface area contributed by atoms with Crippen molar-refractivity contribution in [3.63, 3.8) is 0 Å². The molecule has 0 bridgehead atoms. The highest BCUT2D eigenvalue weighted by Crippen LogP contribution is 2.33. The second-order valence-corrected chi connectivity index (χ2v) is 15.4. The number of aromatic nitrogens is 2. The number of carbonyl (C=O) groups excluding carboxylic acids is 3. The van der Waals surface area contributed by atoms with Gasteiger partial charge in [-0.25, -0.2) is 19.6 Å². The predicted molar refractivity (Wildman–Crippen MR) is 251 cm³/mol. The Morgan fingerprint density at radius 2 is 0.944 bits per heavy atom. The van der Waals surface area contributed by atoms with Crippen LogP contribution in [0.15, 0.2) is 134 Å². The number of hydrogen-bond acceptors (Lipinski definition) is 13. The monoisotopic (exact) mass is 986 g/mol. The van der Waals surface area contributed by atoms with Crippen molar-refractivity contribution >= 4 is 35.4 Å². The van der Waals surface area contributed by atoms with Gasteiger partial charge in [-0.1, -0.05) is 60.7 Å². The number of rotatable bonds is 22. The van der Waals surface area contributed by atoms with E-state index < -0.39 is 48.8 Å². The van der Waals surface area contributed by atoms with Crippen LogP contribution in [0.3, 0.4) is 0 Å². The highest BCUT2D eigenvalue weighted by Gasteiger charge is 2.34. The number of esters is 1. The van der Waals surface area contributed by atoms with E-state index in [-0.39, 0.29) is 93.4 Å². The van der Waals surface area contributed by atoms with Gasteiger partial charge in [-0.15, -0.1) is 0 Å². The fourth-order valence-corrected chi connectivity index (χ4v) is 6.27. The number of benzene rings is 4. The molecule has 2 aromatic heterocycles. The SMILES string of the molecule is COC[C@H](C)Oc1cc(OCC(F)(F)c2ccccc2)cc(C(=O)Nc2ccc(C(=O)O)cn2)c1.COC[C@H](C)Oc1cc(OCC(F)(F)c2ccccc2)cc(C(=O)Nc2ccc(C(=O)OC)cn2)c1. The van der Waals surface area contributed by atoms with E-state index in [0.29, 0.717) is 0 Å². The van der Waals surface area contributed by atoms with Crippen LogP contribution in [-0.2, 0) is 26.1 Å². The van der Waals surface area contributed by atoms with E-state index in [0.717, 1.165) is 6.20 Å². The molecule has 16 nitrogen and oxygen atoms in total. The highest BCUT2D eigenvalue weighted by atomic mass is 19.3. The van der Waals surface area contributed by atoms with Crippen LogP contribution in [-0.4, -0.2) is 98.8 Å². The van der Waals surface area contributed by atoms with E-state index in [4.69, 9.17) is 33.5 Å². The molecule has 2 heterocycles. The number of aromatic carboxylic acids is 1. The van der Waals surface area contributed by atoms with Crippen LogP contribution < -0.4 is 29.6 Å². The molecular formula is C51H50F4N4O12. The zero-order valence-electron chi connectivity index (χ0n) is 39.0. The van der Waals surface area contributed by atoms with Gasteiger partial charge in [0, 0.05) is 61.0 Å². The minimum Gasteiger partial charge on any atom is -0.488 e. The fourth-order valence-electron chi connectivity index (χ4n) is 6.27. The molecule has 20 heteroatoms. The summed E-state index contributed by atoms with van der Waals surface area (Å²) in [5.74, 6) is -8.69. The van der Waals surface area contributed by atoms with Crippen molar-refractivity contribution in [3.05, 3.63) is 167 Å². The summed E-state index contributed by atoms with van der Waals surface area (Å²) in [6.07, 6.45) is 1.60. The Hall–Kier alpha value is -8.10. The molecule has 4 aromatic carbocycles. The lowest BCUT2D eigenvalue weighted by molar-refractivity contribution is -0.0470. The number of carboxylic acid groups (broad SMARTS) is 1. The summed E-state index contributed by atoms with van der Waals surface area (Å²) in [6.45, 7) is 2.15. The molecule has 0 unspecified atom stereocenters. The summed E-state index contributed by atoms with van der Waals surface area (Å²) in [6, 6.07) is 28.4. The molecule has 0 saturated heterocycles. The summed E-state index contributed by atoms with van der Waals surface area (Å²) in [7, 11) is 4.27. The van der Waals surface area contributed by atoms with Crippen molar-refractivity contribution < 1.29 is 75.0 Å². The number of nitrogens with one attached hydrogen (secondary N) is 2. The van der Waals surface area contributed by atoms with E-state index in [1.54, 1.807) is 26.0 Å². The van der Waals surface area contributed by atoms with Crippen LogP contribution in [0.25, 0.3) is 0 Å². The summed E-state index contributed by atoms with van der Waals surface area (Å²) < 4.78 is 95.4. The summed E-state index contributed by atoms with van der Waals surface area (Å²) in [4.78, 5) is 56.2. The number of pyridine rings is 2. The Balaban J connectivity index is 0.000000264. The minimum atomic E-state index is -3.26. The van der Waals surface area contributed by atoms with E-state index in [1.165, 1.54) is 137 Å². The largest absolute Gasteiger partial charge is 0.488 e. The van der Waals surface area contributed by atoms with E-state index in [1.807, 2.05) is 0 Å². The van der Waals surface area contributed by atoms with Gasteiger partial charge in [0.15, 0.2) is 13.2 Å². The van der Waals surface area contributed by atoms with Gasteiger partial charge in [0.1, 0.15) is 46.8 Å². The van der Waals surface area contributed by atoms with E-state index >= 15 is 0 Å². The number of ether oxygens (including phenoxy) is 7. The van der Waals surface area contributed by atoms with E-state index in [9.17, 15) is 36.7 Å². The minimum absolute atomic E-state index is 0.00190. The average Bonchev–Trinajstić information content (AvgIpc) is 3.36. The molecule has 71 heavy (non-hydrogen) atoms. The third kappa shape index (κ3) is 16.5. The van der Waals surface area contributed by atoms with Crippen LogP contribution in [0.1, 0.15) is 66.4 Å².